The van der Waals surface area contributed by atoms with E-state index in [9.17, 15) is 9.59 Å². The lowest BCUT2D eigenvalue weighted by atomic mass is 9.64. The Morgan fingerprint density at radius 3 is 2.42 bits per heavy atom. The van der Waals surface area contributed by atoms with Crippen LogP contribution in [0, 0.1) is 12.3 Å². The van der Waals surface area contributed by atoms with Gasteiger partial charge in [-0.15, -0.1) is 0 Å². The fraction of sp³-hybridized carbons (Fsp3) is 0.391. The summed E-state index contributed by atoms with van der Waals surface area (Å²) in [5, 5.41) is 0. The van der Waals surface area contributed by atoms with E-state index in [0.29, 0.717) is 5.56 Å². The van der Waals surface area contributed by atoms with Gasteiger partial charge >= 0.3 is 0 Å². The van der Waals surface area contributed by atoms with E-state index in [4.69, 9.17) is 0 Å². The second-order valence-electron chi connectivity index (χ2n) is 8.64. The summed E-state index contributed by atoms with van der Waals surface area (Å²) < 4.78 is 2.19. The number of hydrogen-bond acceptors (Lipinski definition) is 2. The summed E-state index contributed by atoms with van der Waals surface area (Å²) in [5.41, 5.74) is 6.61. The van der Waals surface area contributed by atoms with Crippen molar-refractivity contribution >= 4 is 16.9 Å². The van der Waals surface area contributed by atoms with Gasteiger partial charge in [-0.2, -0.15) is 0 Å². The minimum absolute atomic E-state index is 0.137. The van der Waals surface area contributed by atoms with E-state index in [0.717, 1.165) is 12.1 Å². The van der Waals surface area contributed by atoms with E-state index < -0.39 is 0 Å². The van der Waals surface area contributed by atoms with E-state index in [1.165, 1.54) is 29.2 Å². The van der Waals surface area contributed by atoms with Crippen molar-refractivity contribution in [3.63, 3.8) is 0 Å². The fourth-order valence-electron chi connectivity index (χ4n) is 4.69. The number of fused-ring (bicyclic) bond motifs is 4. The molecule has 0 saturated carbocycles. The summed E-state index contributed by atoms with van der Waals surface area (Å²) in [5.74, 6) is -0.170. The molecular formula is C23H25NO2. The predicted molar refractivity (Wildman–Crippen MR) is 106 cm³/mol. The fourth-order valence-corrected chi connectivity index (χ4v) is 4.69. The van der Waals surface area contributed by atoms with E-state index in [1.807, 2.05) is 6.92 Å². The largest absolute Gasteiger partial charge is 0.340 e. The quantitative estimate of drug-likeness (QED) is 0.707. The molecule has 3 heteroatoms. The topological polar surface area (TPSA) is 39.1 Å². The molecule has 0 spiro atoms. The monoisotopic (exact) mass is 347 g/mol. The molecule has 1 aromatic carbocycles. The van der Waals surface area contributed by atoms with Crippen molar-refractivity contribution in [1.29, 1.82) is 0 Å². The van der Waals surface area contributed by atoms with Gasteiger partial charge in [-0.3, -0.25) is 9.59 Å². The van der Waals surface area contributed by atoms with E-state index >= 15 is 0 Å². The first kappa shape index (κ1) is 17.0. The lowest BCUT2D eigenvalue weighted by Gasteiger charge is -2.50. The molecule has 1 aromatic heterocycles. The lowest BCUT2D eigenvalue weighted by Crippen LogP contribution is -2.47. The Morgan fingerprint density at radius 1 is 1.12 bits per heavy atom. The number of hydrogen-bond donors (Lipinski definition) is 0. The van der Waals surface area contributed by atoms with Crippen LogP contribution in [0.2, 0.25) is 0 Å². The zero-order valence-corrected chi connectivity index (χ0v) is 16.4. The molecule has 26 heavy (non-hydrogen) atoms. The summed E-state index contributed by atoms with van der Waals surface area (Å²) in [6, 6.07) is 8.54. The van der Waals surface area contributed by atoms with Crippen molar-refractivity contribution in [3.8, 4) is 0 Å². The van der Waals surface area contributed by atoms with E-state index in [-0.39, 0.29) is 27.7 Å². The summed E-state index contributed by atoms with van der Waals surface area (Å²) in [6.07, 6.45) is 2.63. The lowest BCUT2D eigenvalue weighted by molar-refractivity contribution is 0.101. The van der Waals surface area contributed by atoms with Crippen molar-refractivity contribution in [2.45, 2.75) is 53.5 Å². The van der Waals surface area contributed by atoms with Crippen molar-refractivity contribution in [2.24, 2.45) is 5.41 Å². The first-order valence-corrected chi connectivity index (χ1v) is 9.19. The SMILES string of the molecule is CC(=O)c1cn2c(c(C)c1=O)C1=C(c3ccccc3C1)C(C)(C)C2(C)C. The summed E-state index contributed by atoms with van der Waals surface area (Å²) >= 11 is 0. The van der Waals surface area contributed by atoms with E-state index in [2.05, 4.69) is 56.5 Å². The molecule has 2 aliphatic rings. The minimum atomic E-state index is -0.277. The molecule has 0 fully saturated rings. The van der Waals surface area contributed by atoms with Crippen LogP contribution in [0.1, 0.15) is 67.4 Å². The second kappa shape index (κ2) is 5.06. The number of nitrogens with zero attached hydrogens (tertiary/aromatic N) is 1. The van der Waals surface area contributed by atoms with Gasteiger partial charge in [-0.05, 0) is 50.0 Å². The van der Waals surface area contributed by atoms with Crippen molar-refractivity contribution in [3.05, 3.63) is 68.6 Å². The highest BCUT2D eigenvalue weighted by Crippen LogP contribution is 2.58. The number of allylic oxidation sites excluding steroid dienone is 2. The molecule has 0 bridgehead atoms. The van der Waals surface area contributed by atoms with Crippen molar-refractivity contribution in [2.75, 3.05) is 0 Å². The Labute approximate surface area is 154 Å². The van der Waals surface area contributed by atoms with Crippen molar-refractivity contribution in [1.82, 2.24) is 4.57 Å². The van der Waals surface area contributed by atoms with E-state index in [1.54, 1.807) is 6.20 Å². The Bertz CT molecular complexity index is 1060. The third-order valence-corrected chi connectivity index (χ3v) is 6.82. The van der Waals surface area contributed by atoms with Crippen LogP contribution in [0.4, 0.5) is 0 Å². The maximum absolute atomic E-state index is 12.9. The highest BCUT2D eigenvalue weighted by molar-refractivity contribution is 6.01. The molecule has 0 unspecified atom stereocenters. The van der Waals surface area contributed by atoms with Crippen LogP contribution < -0.4 is 5.43 Å². The van der Waals surface area contributed by atoms with Crippen LogP contribution in [0.15, 0.2) is 35.3 Å². The number of benzene rings is 1. The highest BCUT2D eigenvalue weighted by atomic mass is 16.1. The molecule has 2 heterocycles. The van der Waals surface area contributed by atoms with Gasteiger partial charge in [0.1, 0.15) is 0 Å². The standard InChI is InChI=1S/C23H25NO2/c1-13-20-17-11-15-9-7-8-10-16(15)19(17)22(3,4)23(5,6)24(20)12-18(14(2)25)21(13)26/h7-10,12H,11H2,1-6H3. The van der Waals surface area contributed by atoms with Gasteiger partial charge in [0.2, 0.25) is 0 Å². The summed E-state index contributed by atoms with van der Waals surface area (Å²) in [4.78, 5) is 24.9. The van der Waals surface area contributed by atoms with Crippen LogP contribution in [-0.2, 0) is 12.0 Å². The molecule has 134 valence electrons. The van der Waals surface area contributed by atoms with Crippen LogP contribution in [0.5, 0.6) is 0 Å². The molecule has 0 saturated heterocycles. The smallest absolute Gasteiger partial charge is 0.195 e. The first-order chi connectivity index (χ1) is 12.1. The Morgan fingerprint density at radius 2 is 1.77 bits per heavy atom. The van der Waals surface area contributed by atoms with Gasteiger partial charge in [0.25, 0.3) is 0 Å². The highest BCUT2D eigenvalue weighted by Gasteiger charge is 2.50. The van der Waals surface area contributed by atoms with Gasteiger partial charge in [0.05, 0.1) is 11.3 Å². The Kier molecular flexibility index (Phi) is 3.31. The normalized spacial score (nSPS) is 19.0. The molecule has 4 rings (SSSR count). The second-order valence-corrected chi connectivity index (χ2v) is 8.64. The molecule has 3 nitrogen and oxygen atoms in total. The molecule has 2 aromatic rings. The molecule has 0 atom stereocenters. The zero-order valence-electron chi connectivity index (χ0n) is 16.4. The number of rotatable bonds is 1. The first-order valence-electron chi connectivity index (χ1n) is 9.19. The number of aromatic nitrogens is 1. The third kappa shape index (κ3) is 1.89. The molecule has 0 radical (unpaired) electrons. The number of carbonyl (C=O) groups excluding carboxylic acids is 1. The number of carbonyl (C=O) groups is 1. The van der Waals surface area contributed by atoms with Gasteiger partial charge < -0.3 is 4.57 Å². The Balaban J connectivity index is 2.16. The van der Waals surface area contributed by atoms with Gasteiger partial charge in [0, 0.05) is 29.1 Å². The van der Waals surface area contributed by atoms with Crippen LogP contribution in [0.3, 0.4) is 0 Å². The molecule has 1 aliphatic heterocycles. The van der Waals surface area contributed by atoms with Crippen molar-refractivity contribution < 1.29 is 4.79 Å². The maximum atomic E-state index is 12.9. The number of ketones is 1. The van der Waals surface area contributed by atoms with Gasteiger partial charge in [-0.1, -0.05) is 38.1 Å². The molecule has 0 amide bonds. The molecule has 1 aliphatic carbocycles. The number of Topliss-reactive ketones (excluding diaryl/α,β-unsaturated/α-hetero) is 1. The maximum Gasteiger partial charge on any atom is 0.195 e. The number of pyridine rings is 1. The Hall–Kier alpha value is -2.42. The van der Waals surface area contributed by atoms with Crippen LogP contribution in [-0.4, -0.2) is 10.4 Å². The minimum Gasteiger partial charge on any atom is -0.340 e. The average molecular weight is 347 g/mol. The summed E-state index contributed by atoms with van der Waals surface area (Å²) in [6.45, 7) is 12.3. The van der Waals surface area contributed by atoms with Gasteiger partial charge in [-0.25, -0.2) is 0 Å². The summed E-state index contributed by atoms with van der Waals surface area (Å²) in [7, 11) is 0. The third-order valence-electron chi connectivity index (χ3n) is 6.82. The predicted octanol–water partition coefficient (Wildman–Crippen LogP) is 4.60. The zero-order chi connectivity index (χ0) is 19.0. The van der Waals surface area contributed by atoms with Gasteiger partial charge in [0.15, 0.2) is 11.2 Å². The molecular weight excluding hydrogens is 322 g/mol. The molecule has 0 N–H and O–H groups in total. The van der Waals surface area contributed by atoms with Crippen LogP contribution >= 0.6 is 0 Å². The average Bonchev–Trinajstić information content (AvgIpc) is 2.95. The van der Waals surface area contributed by atoms with Crippen LogP contribution in [0.25, 0.3) is 11.1 Å².